The Morgan fingerprint density at radius 2 is 1.72 bits per heavy atom. The predicted molar refractivity (Wildman–Crippen MR) is 62.6 cm³/mol. The number of rotatable bonds is 3. The minimum absolute atomic E-state index is 0.573. The second-order valence-corrected chi connectivity index (χ2v) is 9.00. The first-order valence-corrected chi connectivity index (χ1v) is 8.56. The topological polar surface area (TPSA) is 118 Å². The normalized spacial score (nSPS) is 21.7. The highest BCUT2D eigenvalue weighted by atomic mass is 32.3. The molecule has 10 heteroatoms. The van der Waals surface area contributed by atoms with Crippen LogP contribution in [0.2, 0.25) is 0 Å². The molecule has 0 bridgehead atoms. The molecular weight excluding hydrogens is 284 g/mol. The lowest BCUT2D eigenvalue weighted by Gasteiger charge is -2.38. The van der Waals surface area contributed by atoms with Crippen LogP contribution in [0.1, 0.15) is 13.8 Å². The number of nitrogens with one attached hydrogen (secondary N) is 1. The molecule has 104 valence electrons. The molecule has 0 aromatic rings. The van der Waals surface area contributed by atoms with Crippen molar-refractivity contribution in [3.8, 4) is 0 Å². The first kappa shape index (κ1) is 15.1. The molecule has 2 amide bonds. The number of imide groups is 1. The number of hydrogen-bond donors (Lipinski definition) is 1. The van der Waals surface area contributed by atoms with Gasteiger partial charge in [-0.1, -0.05) is 0 Å². The van der Waals surface area contributed by atoms with E-state index in [0.717, 1.165) is 6.26 Å². The van der Waals surface area contributed by atoms with Crippen molar-refractivity contribution in [2.24, 2.45) is 0 Å². The lowest BCUT2D eigenvalue weighted by Crippen LogP contribution is -2.65. The number of piperazine rings is 1. The molecule has 0 radical (unpaired) electrons. The maximum atomic E-state index is 11.9. The Hall–Kier alpha value is -1.00. The van der Waals surface area contributed by atoms with Crippen LogP contribution in [0.4, 0.5) is 0 Å². The first-order valence-electron chi connectivity index (χ1n) is 4.89. The van der Waals surface area contributed by atoms with Crippen LogP contribution in [-0.4, -0.2) is 56.4 Å². The van der Waals surface area contributed by atoms with E-state index in [4.69, 9.17) is 0 Å². The van der Waals surface area contributed by atoms with Gasteiger partial charge in [-0.3, -0.25) is 14.9 Å². The van der Waals surface area contributed by atoms with Gasteiger partial charge in [0.05, 0.1) is 6.54 Å². The zero-order valence-electron chi connectivity index (χ0n) is 10.1. The molecule has 1 N–H and O–H groups in total. The number of sulfonamides is 1. The molecule has 0 unspecified atom stereocenters. The molecular formula is C8H14N2O6S2. The van der Waals surface area contributed by atoms with Crippen LogP contribution in [0.3, 0.4) is 0 Å². The Balaban J connectivity index is 3.21. The third-order valence-corrected chi connectivity index (χ3v) is 6.58. The number of nitrogens with zero attached hydrogens (tertiary/aromatic N) is 1. The zero-order chi connectivity index (χ0) is 14.4. The van der Waals surface area contributed by atoms with Crippen molar-refractivity contribution in [2.75, 3.05) is 17.9 Å². The van der Waals surface area contributed by atoms with Crippen LogP contribution in [0, 0.1) is 0 Å². The fraction of sp³-hybridized carbons (Fsp3) is 0.750. The van der Waals surface area contributed by atoms with Crippen molar-refractivity contribution in [1.29, 1.82) is 0 Å². The second kappa shape index (κ2) is 4.28. The summed E-state index contributed by atoms with van der Waals surface area (Å²) in [6.07, 6.45) is 0.767. The van der Waals surface area contributed by atoms with E-state index in [1.54, 1.807) is 0 Å². The van der Waals surface area contributed by atoms with Crippen molar-refractivity contribution in [3.63, 3.8) is 0 Å². The van der Waals surface area contributed by atoms with E-state index in [2.05, 4.69) is 0 Å². The summed E-state index contributed by atoms with van der Waals surface area (Å²) in [5, 5.41) is 0.866. The zero-order valence-corrected chi connectivity index (χ0v) is 11.8. The average molecular weight is 298 g/mol. The highest BCUT2D eigenvalue weighted by Crippen LogP contribution is 2.22. The Morgan fingerprint density at radius 3 is 2.17 bits per heavy atom. The molecule has 1 aliphatic heterocycles. The maximum Gasteiger partial charge on any atom is 0.247 e. The van der Waals surface area contributed by atoms with Crippen LogP contribution < -0.4 is 5.32 Å². The lowest BCUT2D eigenvalue weighted by molar-refractivity contribution is -0.141. The standard InChI is InChI=1S/C8H14N2O6S2/c1-8(2)7(12)9-6(11)4-10(8)18(15,16)5-17(3,13)14/h4-5H2,1-3H3,(H,9,11,12). The van der Waals surface area contributed by atoms with Crippen molar-refractivity contribution >= 4 is 31.7 Å². The van der Waals surface area contributed by atoms with Gasteiger partial charge >= 0.3 is 0 Å². The van der Waals surface area contributed by atoms with Crippen LogP contribution in [0.5, 0.6) is 0 Å². The van der Waals surface area contributed by atoms with Gasteiger partial charge in [0.25, 0.3) is 0 Å². The smallest absolute Gasteiger partial charge is 0.247 e. The Labute approximate surface area is 105 Å². The highest BCUT2D eigenvalue weighted by molar-refractivity contribution is 8.06. The summed E-state index contributed by atoms with van der Waals surface area (Å²) in [6, 6.07) is 0. The summed E-state index contributed by atoms with van der Waals surface area (Å²) in [5.74, 6) is -1.56. The SMILES string of the molecule is CC1(C)C(=O)NC(=O)CN1S(=O)(=O)CS(C)(=O)=O. The minimum Gasteiger partial charge on any atom is -0.294 e. The van der Waals surface area contributed by atoms with Crippen LogP contribution in [0.15, 0.2) is 0 Å². The quantitative estimate of drug-likeness (QED) is 0.605. The van der Waals surface area contributed by atoms with E-state index in [9.17, 15) is 26.4 Å². The van der Waals surface area contributed by atoms with Gasteiger partial charge in [0.1, 0.15) is 5.54 Å². The molecule has 1 fully saturated rings. The number of amides is 2. The van der Waals surface area contributed by atoms with Gasteiger partial charge in [-0.25, -0.2) is 16.8 Å². The van der Waals surface area contributed by atoms with Gasteiger partial charge in [0, 0.05) is 6.26 Å². The first-order chi connectivity index (χ1) is 7.86. The molecule has 0 saturated carbocycles. The minimum atomic E-state index is -4.25. The summed E-state index contributed by atoms with van der Waals surface area (Å²) < 4.78 is 46.6. The Morgan fingerprint density at radius 1 is 1.22 bits per heavy atom. The second-order valence-electron chi connectivity index (χ2n) is 4.60. The lowest BCUT2D eigenvalue weighted by atomic mass is 10.0. The summed E-state index contributed by atoms with van der Waals surface area (Å²) in [4.78, 5) is 22.8. The van der Waals surface area contributed by atoms with Crippen LogP contribution >= 0.6 is 0 Å². The molecule has 1 aliphatic rings. The maximum absolute atomic E-state index is 11.9. The fourth-order valence-electron chi connectivity index (χ4n) is 1.54. The summed E-state index contributed by atoms with van der Waals surface area (Å²) in [5.41, 5.74) is -1.50. The molecule has 0 atom stereocenters. The third-order valence-electron chi connectivity index (χ3n) is 2.42. The number of hydrogen-bond acceptors (Lipinski definition) is 6. The predicted octanol–water partition coefficient (Wildman–Crippen LogP) is -1.94. The van der Waals surface area contributed by atoms with Gasteiger partial charge in [-0.15, -0.1) is 0 Å². The Bertz CT molecular complexity index is 589. The molecule has 0 aromatic carbocycles. The van der Waals surface area contributed by atoms with Crippen molar-refractivity contribution in [3.05, 3.63) is 0 Å². The van der Waals surface area contributed by atoms with Gasteiger partial charge in [0.15, 0.2) is 14.9 Å². The molecule has 8 nitrogen and oxygen atoms in total. The Kier molecular flexibility index (Phi) is 3.58. The summed E-state index contributed by atoms with van der Waals surface area (Å²) >= 11 is 0. The van der Waals surface area contributed by atoms with Gasteiger partial charge in [-0.05, 0) is 13.8 Å². The van der Waals surface area contributed by atoms with Crippen molar-refractivity contribution in [1.82, 2.24) is 9.62 Å². The number of carbonyl (C=O) groups is 2. The van der Waals surface area contributed by atoms with Crippen LogP contribution in [-0.2, 0) is 29.4 Å². The van der Waals surface area contributed by atoms with Crippen molar-refractivity contribution in [2.45, 2.75) is 19.4 Å². The fourth-order valence-corrected chi connectivity index (χ4v) is 5.31. The van der Waals surface area contributed by atoms with Gasteiger partial charge in [0.2, 0.25) is 21.8 Å². The van der Waals surface area contributed by atoms with E-state index < -0.39 is 48.8 Å². The van der Waals surface area contributed by atoms with E-state index in [-0.39, 0.29) is 0 Å². The van der Waals surface area contributed by atoms with E-state index in [0.29, 0.717) is 4.31 Å². The monoisotopic (exact) mass is 298 g/mol. The molecule has 1 rings (SSSR count). The van der Waals surface area contributed by atoms with E-state index >= 15 is 0 Å². The van der Waals surface area contributed by atoms with Crippen LogP contribution in [0.25, 0.3) is 0 Å². The molecule has 0 aliphatic carbocycles. The largest absolute Gasteiger partial charge is 0.294 e. The highest BCUT2D eigenvalue weighted by Gasteiger charge is 2.47. The molecule has 0 aromatic heterocycles. The van der Waals surface area contributed by atoms with Gasteiger partial charge in [-0.2, -0.15) is 4.31 Å². The summed E-state index contributed by atoms with van der Waals surface area (Å²) in [6.45, 7) is 2.03. The van der Waals surface area contributed by atoms with E-state index in [1.165, 1.54) is 13.8 Å². The molecule has 18 heavy (non-hydrogen) atoms. The summed E-state index contributed by atoms with van der Waals surface area (Å²) in [7, 11) is -8.04. The molecule has 0 spiro atoms. The van der Waals surface area contributed by atoms with Crippen molar-refractivity contribution < 1.29 is 26.4 Å². The average Bonchev–Trinajstić information content (AvgIpc) is 2.07. The molecule has 1 heterocycles. The van der Waals surface area contributed by atoms with Gasteiger partial charge < -0.3 is 0 Å². The number of carbonyl (C=O) groups excluding carboxylic acids is 2. The number of sulfone groups is 1. The third kappa shape index (κ3) is 3.06. The van der Waals surface area contributed by atoms with E-state index in [1.807, 2.05) is 5.32 Å². The molecule has 1 saturated heterocycles.